The van der Waals surface area contributed by atoms with Crippen LogP contribution in [0.1, 0.15) is 20.3 Å². The lowest BCUT2D eigenvalue weighted by atomic mass is 10.0. The Morgan fingerprint density at radius 3 is 2.61 bits per heavy atom. The lowest BCUT2D eigenvalue weighted by Gasteiger charge is -2.26. The monoisotopic (exact) mass is 426 g/mol. The van der Waals surface area contributed by atoms with Crippen LogP contribution >= 0.6 is 12.4 Å². The molecule has 28 heavy (non-hydrogen) atoms. The third-order valence-corrected chi connectivity index (χ3v) is 6.99. The van der Waals surface area contributed by atoms with Gasteiger partial charge < -0.3 is 10.6 Å². The van der Waals surface area contributed by atoms with Crippen LogP contribution < -0.4 is 5.73 Å². The second-order valence-corrected chi connectivity index (χ2v) is 9.11. The number of aromatic nitrogens is 1. The van der Waals surface area contributed by atoms with Crippen LogP contribution in [0, 0.1) is 5.92 Å². The molecule has 154 valence electrons. The molecule has 1 aliphatic rings. The first-order valence-corrected chi connectivity index (χ1v) is 10.6. The van der Waals surface area contributed by atoms with Crippen molar-refractivity contribution in [1.82, 2.24) is 14.2 Å². The third kappa shape index (κ3) is 4.46. The second kappa shape index (κ2) is 9.17. The highest BCUT2D eigenvalue weighted by Crippen LogP contribution is 2.26. The van der Waals surface area contributed by atoms with Gasteiger partial charge >= 0.3 is 0 Å². The average Bonchev–Trinajstić information content (AvgIpc) is 2.93. The molecule has 2 N–H and O–H groups in total. The Balaban J connectivity index is 0.00000280. The molecule has 1 amide bonds. The second-order valence-electron chi connectivity index (χ2n) is 7.21. The summed E-state index contributed by atoms with van der Waals surface area (Å²) in [5.74, 6) is -0.0645. The maximum absolute atomic E-state index is 13.2. The van der Waals surface area contributed by atoms with Gasteiger partial charge in [-0.3, -0.25) is 9.78 Å². The van der Waals surface area contributed by atoms with Crippen LogP contribution in [0.2, 0.25) is 0 Å². The van der Waals surface area contributed by atoms with Gasteiger partial charge in [-0.2, -0.15) is 4.31 Å². The Morgan fingerprint density at radius 1 is 1.14 bits per heavy atom. The van der Waals surface area contributed by atoms with E-state index in [1.807, 2.05) is 19.9 Å². The molecule has 9 heteroatoms. The molecule has 0 aliphatic carbocycles. The van der Waals surface area contributed by atoms with Gasteiger partial charge in [-0.15, -0.1) is 12.4 Å². The molecule has 1 atom stereocenters. The smallest absolute Gasteiger partial charge is 0.243 e. The number of amides is 1. The lowest BCUT2D eigenvalue weighted by molar-refractivity contribution is -0.133. The van der Waals surface area contributed by atoms with Gasteiger partial charge in [0.1, 0.15) is 0 Å². The summed E-state index contributed by atoms with van der Waals surface area (Å²) < 4.78 is 28.0. The molecule has 0 spiro atoms. The van der Waals surface area contributed by atoms with E-state index in [1.165, 1.54) is 4.31 Å². The summed E-state index contributed by atoms with van der Waals surface area (Å²) in [7, 11) is -3.66. The zero-order valence-corrected chi connectivity index (χ0v) is 17.7. The van der Waals surface area contributed by atoms with Crippen LogP contribution in [0.15, 0.2) is 41.6 Å². The van der Waals surface area contributed by atoms with Gasteiger partial charge in [0.15, 0.2) is 0 Å². The Bertz CT molecular complexity index is 930. The molecule has 0 bridgehead atoms. The first kappa shape index (κ1) is 22.5. The average molecular weight is 427 g/mol. The van der Waals surface area contributed by atoms with Gasteiger partial charge in [0, 0.05) is 49.3 Å². The predicted molar refractivity (Wildman–Crippen MR) is 112 cm³/mol. The fraction of sp³-hybridized carbons (Fsp3) is 0.474. The third-order valence-electron chi connectivity index (χ3n) is 5.03. The van der Waals surface area contributed by atoms with Gasteiger partial charge in [0.25, 0.3) is 0 Å². The maximum atomic E-state index is 13.2. The van der Waals surface area contributed by atoms with Crippen molar-refractivity contribution in [2.45, 2.75) is 31.2 Å². The maximum Gasteiger partial charge on any atom is 0.243 e. The number of benzene rings is 1. The summed E-state index contributed by atoms with van der Waals surface area (Å²) >= 11 is 0. The Labute approximate surface area is 172 Å². The number of halogens is 1. The van der Waals surface area contributed by atoms with E-state index in [9.17, 15) is 13.2 Å². The number of fused-ring (bicyclic) bond motifs is 1. The molecule has 1 aromatic heterocycles. The zero-order chi connectivity index (χ0) is 19.6. The van der Waals surface area contributed by atoms with E-state index in [4.69, 9.17) is 5.73 Å². The van der Waals surface area contributed by atoms with E-state index in [0.29, 0.717) is 31.4 Å². The van der Waals surface area contributed by atoms with E-state index < -0.39 is 16.1 Å². The summed E-state index contributed by atoms with van der Waals surface area (Å²) in [4.78, 5) is 18.5. The van der Waals surface area contributed by atoms with E-state index in [1.54, 1.807) is 35.5 Å². The van der Waals surface area contributed by atoms with Crippen molar-refractivity contribution in [3.05, 3.63) is 36.7 Å². The molecule has 2 aromatic rings. The van der Waals surface area contributed by atoms with Crippen LogP contribution in [-0.2, 0) is 14.8 Å². The van der Waals surface area contributed by atoms with Crippen molar-refractivity contribution < 1.29 is 13.2 Å². The number of carbonyl (C=O) groups excluding carboxylic acids is 1. The van der Waals surface area contributed by atoms with E-state index in [-0.39, 0.29) is 35.7 Å². The topological polar surface area (TPSA) is 96.6 Å². The van der Waals surface area contributed by atoms with Crippen molar-refractivity contribution >= 4 is 39.1 Å². The van der Waals surface area contributed by atoms with E-state index >= 15 is 0 Å². The van der Waals surface area contributed by atoms with Crippen LogP contribution in [0.5, 0.6) is 0 Å². The van der Waals surface area contributed by atoms with Crippen molar-refractivity contribution in [3.8, 4) is 0 Å². The normalized spacial score (nSPS) is 17.2. The van der Waals surface area contributed by atoms with Crippen LogP contribution in [0.3, 0.4) is 0 Å². The van der Waals surface area contributed by atoms with Crippen LogP contribution in [0.25, 0.3) is 10.8 Å². The summed E-state index contributed by atoms with van der Waals surface area (Å²) in [6, 6.07) is 6.36. The minimum Gasteiger partial charge on any atom is -0.340 e. The number of nitrogens with two attached hydrogens (primary N) is 1. The number of rotatable bonds is 4. The van der Waals surface area contributed by atoms with E-state index in [0.717, 1.165) is 5.39 Å². The number of pyridine rings is 1. The van der Waals surface area contributed by atoms with Gasteiger partial charge in [-0.1, -0.05) is 26.0 Å². The Hall–Kier alpha value is -1.74. The molecule has 3 rings (SSSR count). The molecule has 1 fully saturated rings. The fourth-order valence-electron chi connectivity index (χ4n) is 3.31. The molecular formula is C19H27ClN4O3S. The molecule has 0 saturated carbocycles. The van der Waals surface area contributed by atoms with Gasteiger partial charge in [0.2, 0.25) is 15.9 Å². The molecule has 1 saturated heterocycles. The van der Waals surface area contributed by atoms with E-state index in [2.05, 4.69) is 4.98 Å². The summed E-state index contributed by atoms with van der Waals surface area (Å²) in [5.41, 5.74) is 5.99. The van der Waals surface area contributed by atoms with Crippen molar-refractivity contribution in [2.75, 3.05) is 26.2 Å². The fourth-order valence-corrected chi connectivity index (χ4v) is 4.99. The molecule has 1 aliphatic heterocycles. The van der Waals surface area contributed by atoms with Crippen molar-refractivity contribution in [1.29, 1.82) is 0 Å². The molecule has 0 radical (unpaired) electrons. The highest BCUT2D eigenvalue weighted by atomic mass is 35.5. The van der Waals surface area contributed by atoms with Gasteiger partial charge in [0.05, 0.1) is 10.9 Å². The molecule has 0 unspecified atom stereocenters. The summed E-state index contributed by atoms with van der Waals surface area (Å²) in [6.45, 7) is 5.33. The zero-order valence-electron chi connectivity index (χ0n) is 16.1. The summed E-state index contributed by atoms with van der Waals surface area (Å²) in [6.07, 6.45) is 3.84. The number of sulfonamides is 1. The minimum atomic E-state index is -3.66. The number of hydrogen-bond acceptors (Lipinski definition) is 5. The van der Waals surface area contributed by atoms with Gasteiger partial charge in [-0.25, -0.2) is 8.42 Å². The Morgan fingerprint density at radius 2 is 1.89 bits per heavy atom. The molecular weight excluding hydrogens is 400 g/mol. The van der Waals surface area contributed by atoms with Crippen LogP contribution in [0.4, 0.5) is 0 Å². The van der Waals surface area contributed by atoms with Crippen molar-refractivity contribution in [2.24, 2.45) is 11.7 Å². The van der Waals surface area contributed by atoms with Crippen LogP contribution in [-0.4, -0.2) is 60.7 Å². The van der Waals surface area contributed by atoms with Gasteiger partial charge in [-0.05, 0) is 24.5 Å². The lowest BCUT2D eigenvalue weighted by Crippen LogP contribution is -2.47. The van der Waals surface area contributed by atoms with Crippen molar-refractivity contribution in [3.63, 3.8) is 0 Å². The number of nitrogens with zero attached hydrogens (tertiary/aromatic N) is 3. The predicted octanol–water partition coefficient (Wildman–Crippen LogP) is 1.86. The molecule has 1 aromatic carbocycles. The molecule has 7 nitrogen and oxygen atoms in total. The first-order chi connectivity index (χ1) is 12.8. The minimum absolute atomic E-state index is 0. The first-order valence-electron chi connectivity index (χ1n) is 9.19. The quantitative estimate of drug-likeness (QED) is 0.804. The summed E-state index contributed by atoms with van der Waals surface area (Å²) in [5, 5.41) is 1.44. The molecule has 2 heterocycles. The highest BCUT2D eigenvalue weighted by Gasteiger charge is 2.31. The number of hydrogen-bond donors (Lipinski definition) is 1. The standard InChI is InChI=1S/C19H26N4O3S.ClH/c1-14(2)18(20)19(24)22-9-4-10-23(12-11-22)27(25,26)17-6-3-5-15-13-21-8-7-16(15)17;/h3,5-8,13-14,18H,4,9-12,20H2,1-2H3;1H/t18-;/m0./s1. The highest BCUT2D eigenvalue weighted by molar-refractivity contribution is 7.89. The SMILES string of the molecule is CC(C)[C@H](N)C(=O)N1CCCN(S(=O)(=O)c2cccc3cnccc23)CC1.Cl. The number of carbonyl (C=O) groups is 1. The largest absolute Gasteiger partial charge is 0.340 e. The Kier molecular flexibility index (Phi) is 7.39.